The third-order valence-electron chi connectivity index (χ3n) is 9.80. The average Bonchev–Trinajstić information content (AvgIpc) is 3.21. The number of ketones is 1. The number of hydrogen-bond acceptors (Lipinski definition) is 6. The fourth-order valence-corrected chi connectivity index (χ4v) is 7.96. The number of hydrogen-bond donors (Lipinski definition) is 0. The van der Waals surface area contributed by atoms with E-state index in [1.807, 2.05) is 24.3 Å². The number of rotatable bonds is 10. The fraction of sp³-hybridized carbons (Fsp3) is 0.742. The molecule has 0 heterocycles. The predicted octanol–water partition coefficient (Wildman–Crippen LogP) is 6.63. The molecule has 5 nitrogen and oxygen atoms in total. The second-order valence-electron chi connectivity index (χ2n) is 12.3. The molecule has 3 aliphatic rings. The van der Waals surface area contributed by atoms with E-state index in [0.29, 0.717) is 24.7 Å². The minimum absolute atomic E-state index is 0.0818. The van der Waals surface area contributed by atoms with Crippen LogP contribution in [0.25, 0.3) is 0 Å². The first-order chi connectivity index (χ1) is 17.7. The molecule has 206 valence electrons. The number of benzene rings is 1. The van der Waals surface area contributed by atoms with Gasteiger partial charge in [0.25, 0.3) is 0 Å². The zero-order valence-corrected chi connectivity index (χ0v) is 24.4. The molecule has 0 radical (unpaired) electrons. The Balaban J connectivity index is 1.35. The number of carbonyl (C=O) groups excluding carboxylic acids is 2. The van der Waals surface area contributed by atoms with Crippen molar-refractivity contribution >= 4 is 23.5 Å². The molecule has 0 aromatic heterocycles. The number of thioether (sulfide) groups is 1. The van der Waals surface area contributed by atoms with Crippen molar-refractivity contribution in [3.05, 3.63) is 24.3 Å². The van der Waals surface area contributed by atoms with Gasteiger partial charge >= 0.3 is 5.97 Å². The lowest BCUT2D eigenvalue weighted by atomic mass is 9.53. The van der Waals surface area contributed by atoms with Crippen molar-refractivity contribution in [3.8, 4) is 5.75 Å². The van der Waals surface area contributed by atoms with Crippen LogP contribution in [0.5, 0.6) is 5.75 Å². The maximum absolute atomic E-state index is 13.1. The summed E-state index contributed by atoms with van der Waals surface area (Å²) in [5, 5.41) is 0. The van der Waals surface area contributed by atoms with Crippen LogP contribution < -0.4 is 4.74 Å². The molecule has 3 fully saturated rings. The molecule has 1 aromatic carbocycles. The van der Waals surface area contributed by atoms with E-state index in [1.165, 1.54) is 11.8 Å². The van der Waals surface area contributed by atoms with Crippen LogP contribution in [0.1, 0.15) is 79.6 Å². The Kier molecular flexibility index (Phi) is 9.32. The molecule has 1 aromatic rings. The molecule has 0 saturated heterocycles. The van der Waals surface area contributed by atoms with Crippen molar-refractivity contribution in [2.45, 2.75) is 90.6 Å². The van der Waals surface area contributed by atoms with Crippen LogP contribution >= 0.6 is 11.8 Å². The van der Waals surface area contributed by atoms with Gasteiger partial charge in [0, 0.05) is 29.7 Å². The van der Waals surface area contributed by atoms with Crippen molar-refractivity contribution in [2.75, 3.05) is 32.0 Å². The van der Waals surface area contributed by atoms with Crippen molar-refractivity contribution < 1.29 is 19.1 Å². The molecular formula is C31H47NO4S. The molecule has 6 heteroatoms. The Morgan fingerprint density at radius 2 is 1.84 bits per heavy atom. The topological polar surface area (TPSA) is 55.8 Å². The van der Waals surface area contributed by atoms with Gasteiger partial charge in [-0.15, -0.1) is 11.8 Å². The van der Waals surface area contributed by atoms with Crippen LogP contribution in [0.15, 0.2) is 29.2 Å². The summed E-state index contributed by atoms with van der Waals surface area (Å²) < 4.78 is 12.1. The molecule has 0 spiro atoms. The number of carbonyl (C=O) groups is 2. The molecule has 37 heavy (non-hydrogen) atoms. The molecule has 4 rings (SSSR count). The summed E-state index contributed by atoms with van der Waals surface area (Å²) in [5.74, 6) is 2.16. The molecule has 3 unspecified atom stereocenters. The van der Waals surface area contributed by atoms with Crippen LogP contribution in [0.3, 0.4) is 0 Å². The van der Waals surface area contributed by atoms with Gasteiger partial charge in [-0.25, -0.2) is 0 Å². The van der Waals surface area contributed by atoms with E-state index < -0.39 is 0 Å². The Morgan fingerprint density at radius 3 is 2.54 bits per heavy atom. The van der Waals surface area contributed by atoms with Gasteiger partial charge in [0.05, 0.1) is 5.75 Å². The Labute approximate surface area is 228 Å². The lowest BCUT2D eigenvalue weighted by molar-refractivity contribution is -0.162. The third kappa shape index (κ3) is 6.55. The van der Waals surface area contributed by atoms with Gasteiger partial charge in [-0.05, 0) is 86.2 Å². The summed E-state index contributed by atoms with van der Waals surface area (Å²) in [5.41, 5.74) is 0.212. The second-order valence-corrected chi connectivity index (χ2v) is 13.4. The average molecular weight is 530 g/mol. The summed E-state index contributed by atoms with van der Waals surface area (Å²) in [6.45, 7) is 15.0. The van der Waals surface area contributed by atoms with E-state index in [-0.39, 0.29) is 40.5 Å². The molecule has 2 bridgehead atoms. The van der Waals surface area contributed by atoms with E-state index >= 15 is 0 Å². The highest BCUT2D eigenvalue weighted by molar-refractivity contribution is 8.00. The first kappa shape index (κ1) is 28.5. The first-order valence-corrected chi connectivity index (χ1v) is 15.5. The number of ether oxygens (including phenoxy) is 2. The smallest absolute Gasteiger partial charge is 0.316 e. The van der Waals surface area contributed by atoms with Crippen LogP contribution in [-0.2, 0) is 14.3 Å². The highest BCUT2D eigenvalue weighted by atomic mass is 32.2. The SMILES string of the molecule is CCN(CC)CCOc1ccc(SCC(=O)O[C@@H]2CC(C)(C)[C@@H](C)CC34CCCC2C3C(=O)CC4)cc1. The summed E-state index contributed by atoms with van der Waals surface area (Å²) in [7, 11) is 0. The lowest BCUT2D eigenvalue weighted by Crippen LogP contribution is -2.50. The number of likely N-dealkylation sites (N-methyl/N-ethyl adjacent to an activating group) is 1. The van der Waals surface area contributed by atoms with E-state index in [0.717, 1.165) is 68.8 Å². The molecule has 0 aliphatic heterocycles. The predicted molar refractivity (Wildman–Crippen MR) is 150 cm³/mol. The van der Waals surface area contributed by atoms with Crippen molar-refractivity contribution in [3.63, 3.8) is 0 Å². The van der Waals surface area contributed by atoms with Gasteiger partial charge < -0.3 is 14.4 Å². The summed E-state index contributed by atoms with van der Waals surface area (Å²) in [4.78, 5) is 29.5. The summed E-state index contributed by atoms with van der Waals surface area (Å²) in [6, 6.07) is 7.97. The van der Waals surface area contributed by atoms with Gasteiger partial charge in [0.1, 0.15) is 24.2 Å². The molecule has 0 N–H and O–H groups in total. The quantitative estimate of drug-likeness (QED) is 0.250. The highest BCUT2D eigenvalue weighted by Crippen LogP contribution is 2.61. The Morgan fingerprint density at radius 1 is 1.11 bits per heavy atom. The van der Waals surface area contributed by atoms with Gasteiger partial charge in [0.2, 0.25) is 0 Å². The van der Waals surface area contributed by atoms with Crippen LogP contribution in [0.2, 0.25) is 0 Å². The zero-order valence-electron chi connectivity index (χ0n) is 23.6. The van der Waals surface area contributed by atoms with Crippen LogP contribution in [0, 0.1) is 28.6 Å². The fourth-order valence-electron chi connectivity index (χ4n) is 7.28. The van der Waals surface area contributed by atoms with Gasteiger partial charge in [-0.3, -0.25) is 9.59 Å². The number of nitrogens with zero attached hydrogens (tertiary/aromatic N) is 1. The summed E-state index contributed by atoms with van der Waals surface area (Å²) in [6.07, 6.45) is 6.86. The molecule has 0 amide bonds. The number of Topliss-reactive ketones (excluding diaryl/α,β-unsaturated/α-hetero) is 1. The van der Waals surface area contributed by atoms with Gasteiger partial charge in [-0.1, -0.05) is 41.0 Å². The monoisotopic (exact) mass is 529 g/mol. The highest BCUT2D eigenvalue weighted by Gasteiger charge is 2.58. The Hall–Kier alpha value is -1.53. The van der Waals surface area contributed by atoms with Gasteiger partial charge in [0.15, 0.2) is 0 Å². The maximum Gasteiger partial charge on any atom is 0.316 e. The van der Waals surface area contributed by atoms with Crippen molar-refractivity contribution in [1.29, 1.82) is 0 Å². The van der Waals surface area contributed by atoms with E-state index in [4.69, 9.17) is 9.47 Å². The van der Waals surface area contributed by atoms with E-state index in [2.05, 4.69) is 39.5 Å². The number of esters is 1. The molecular weight excluding hydrogens is 482 g/mol. The minimum Gasteiger partial charge on any atom is -0.492 e. The maximum atomic E-state index is 13.1. The molecule has 3 aliphatic carbocycles. The third-order valence-corrected chi connectivity index (χ3v) is 10.8. The zero-order chi connectivity index (χ0) is 26.6. The van der Waals surface area contributed by atoms with E-state index in [1.54, 1.807) is 0 Å². The van der Waals surface area contributed by atoms with Crippen LogP contribution in [-0.4, -0.2) is 54.8 Å². The normalized spacial score (nSPS) is 30.9. The molecule has 3 saturated carbocycles. The van der Waals surface area contributed by atoms with Crippen LogP contribution in [0.4, 0.5) is 0 Å². The largest absolute Gasteiger partial charge is 0.492 e. The Bertz CT molecular complexity index is 928. The van der Waals surface area contributed by atoms with Gasteiger partial charge in [-0.2, -0.15) is 0 Å². The van der Waals surface area contributed by atoms with Crippen molar-refractivity contribution in [1.82, 2.24) is 4.90 Å². The van der Waals surface area contributed by atoms with E-state index in [9.17, 15) is 9.59 Å². The molecule has 5 atom stereocenters. The second kappa shape index (κ2) is 12.1. The summed E-state index contributed by atoms with van der Waals surface area (Å²) >= 11 is 1.51. The van der Waals surface area contributed by atoms with Crippen molar-refractivity contribution in [2.24, 2.45) is 28.6 Å². The lowest BCUT2D eigenvalue weighted by Gasteiger charge is -2.52. The first-order valence-electron chi connectivity index (χ1n) is 14.5. The minimum atomic E-state index is -0.167. The standard InChI is InChI=1S/C31H47NO4S/c1-6-32(7-2)17-18-35-23-10-12-24(13-11-23)37-21-28(34)36-27-20-30(4,5)22(3)19-31-15-8-9-25(27)29(31)26(33)14-16-31/h10-13,22,25,27,29H,6-9,14-21H2,1-5H3/t22-,25?,27+,29?,31?/m0/s1.